The van der Waals surface area contributed by atoms with Gasteiger partial charge in [0.25, 0.3) is 5.91 Å². The van der Waals surface area contributed by atoms with Gasteiger partial charge in [-0.1, -0.05) is 30.3 Å². The van der Waals surface area contributed by atoms with Crippen LogP contribution in [0.25, 0.3) is 11.0 Å². The number of hydrogen-bond donors (Lipinski definition) is 2. The number of benzene rings is 2. The molecule has 0 fully saturated rings. The van der Waals surface area contributed by atoms with Gasteiger partial charge in [0.2, 0.25) is 5.91 Å². The molecule has 0 aliphatic rings. The maximum absolute atomic E-state index is 12.8. The number of para-hydroxylation sites is 2. The summed E-state index contributed by atoms with van der Waals surface area (Å²) >= 11 is 0. The third-order valence-corrected chi connectivity index (χ3v) is 4.62. The van der Waals surface area contributed by atoms with Crippen LogP contribution < -0.4 is 10.6 Å². The van der Waals surface area contributed by atoms with Gasteiger partial charge in [0.15, 0.2) is 0 Å². The summed E-state index contributed by atoms with van der Waals surface area (Å²) in [5, 5.41) is 6.01. The first kappa shape index (κ1) is 20.6. The highest BCUT2D eigenvalue weighted by Gasteiger charge is 2.22. The van der Waals surface area contributed by atoms with Gasteiger partial charge in [0.1, 0.15) is 12.4 Å². The van der Waals surface area contributed by atoms with Gasteiger partial charge in [0.05, 0.1) is 17.1 Å². The van der Waals surface area contributed by atoms with Crippen molar-refractivity contribution < 1.29 is 9.59 Å². The van der Waals surface area contributed by atoms with Crippen LogP contribution in [0.4, 0.5) is 0 Å². The number of carbonyl (C=O) groups excluding carboxylic acids is 2. The Hall–Kier alpha value is -3.15. The molecule has 3 rings (SSSR count). The second-order valence-electron chi connectivity index (χ2n) is 8.35. The van der Waals surface area contributed by atoms with Crippen molar-refractivity contribution >= 4 is 22.8 Å². The van der Waals surface area contributed by atoms with E-state index in [1.165, 1.54) is 0 Å². The van der Waals surface area contributed by atoms with Gasteiger partial charge >= 0.3 is 0 Å². The molecule has 0 aliphatic carbocycles. The van der Waals surface area contributed by atoms with Gasteiger partial charge in [-0.15, -0.1) is 0 Å². The summed E-state index contributed by atoms with van der Waals surface area (Å²) in [5.74, 6) is 0.393. The average molecular weight is 393 g/mol. The molecule has 3 aromatic rings. The lowest BCUT2D eigenvalue weighted by Gasteiger charge is -2.22. The molecule has 0 saturated carbocycles. The van der Waals surface area contributed by atoms with E-state index in [1.807, 2.05) is 81.7 Å². The summed E-state index contributed by atoms with van der Waals surface area (Å²) in [6.07, 6.45) is 0. The zero-order valence-corrected chi connectivity index (χ0v) is 17.6. The van der Waals surface area contributed by atoms with Crippen molar-refractivity contribution in [2.24, 2.45) is 0 Å². The Balaban J connectivity index is 1.90. The van der Waals surface area contributed by atoms with Gasteiger partial charge in [-0.25, -0.2) is 4.98 Å². The van der Waals surface area contributed by atoms with Crippen LogP contribution in [0.15, 0.2) is 48.5 Å². The lowest BCUT2D eigenvalue weighted by atomic mass is 10.1. The van der Waals surface area contributed by atoms with Crippen LogP contribution in [-0.4, -0.2) is 26.9 Å². The van der Waals surface area contributed by atoms with E-state index in [0.29, 0.717) is 11.4 Å². The minimum Gasteiger partial charge on any atom is -0.350 e. The molecular weight excluding hydrogens is 364 g/mol. The SMILES string of the molecule is Cc1ccccc1C(=O)NC(C)c1nc2ccccc2n1CC(=O)NC(C)(C)C. The quantitative estimate of drug-likeness (QED) is 0.694. The van der Waals surface area contributed by atoms with Crippen molar-refractivity contribution in [1.29, 1.82) is 0 Å². The highest BCUT2D eigenvalue weighted by Crippen LogP contribution is 2.21. The largest absolute Gasteiger partial charge is 0.350 e. The Morgan fingerprint density at radius 1 is 1.07 bits per heavy atom. The molecule has 1 atom stereocenters. The maximum atomic E-state index is 12.8. The van der Waals surface area contributed by atoms with Crippen molar-refractivity contribution in [2.45, 2.75) is 52.7 Å². The van der Waals surface area contributed by atoms with Crippen LogP contribution in [0, 0.1) is 6.92 Å². The highest BCUT2D eigenvalue weighted by atomic mass is 16.2. The molecule has 152 valence electrons. The molecule has 0 aliphatic heterocycles. The first-order valence-corrected chi connectivity index (χ1v) is 9.78. The second-order valence-corrected chi connectivity index (χ2v) is 8.35. The van der Waals surface area contributed by atoms with Crippen molar-refractivity contribution in [2.75, 3.05) is 0 Å². The van der Waals surface area contributed by atoms with E-state index in [1.54, 1.807) is 6.07 Å². The van der Waals surface area contributed by atoms with Crippen LogP contribution in [0.5, 0.6) is 0 Å². The van der Waals surface area contributed by atoms with Gasteiger partial charge in [0, 0.05) is 11.1 Å². The maximum Gasteiger partial charge on any atom is 0.252 e. The van der Waals surface area contributed by atoms with Crippen LogP contribution in [0.1, 0.15) is 55.5 Å². The molecule has 6 heteroatoms. The molecule has 2 aromatic carbocycles. The average Bonchev–Trinajstić information content (AvgIpc) is 2.99. The number of aromatic nitrogens is 2. The van der Waals surface area contributed by atoms with Gasteiger partial charge < -0.3 is 15.2 Å². The predicted molar refractivity (Wildman–Crippen MR) is 115 cm³/mol. The summed E-state index contributed by atoms with van der Waals surface area (Å²) in [4.78, 5) is 30.0. The molecule has 0 saturated heterocycles. The topological polar surface area (TPSA) is 76.0 Å². The van der Waals surface area contributed by atoms with Crippen LogP contribution >= 0.6 is 0 Å². The number of nitrogens with one attached hydrogen (secondary N) is 2. The van der Waals surface area contributed by atoms with Crippen LogP contribution in [0.3, 0.4) is 0 Å². The van der Waals surface area contributed by atoms with E-state index in [9.17, 15) is 9.59 Å². The van der Waals surface area contributed by atoms with Crippen molar-refractivity contribution in [3.63, 3.8) is 0 Å². The van der Waals surface area contributed by atoms with E-state index < -0.39 is 0 Å². The molecule has 2 amide bonds. The normalized spacial score (nSPS) is 12.6. The molecule has 0 radical (unpaired) electrons. The Morgan fingerprint density at radius 2 is 1.72 bits per heavy atom. The molecule has 1 heterocycles. The molecule has 1 unspecified atom stereocenters. The summed E-state index contributed by atoms with van der Waals surface area (Å²) in [6.45, 7) is 9.77. The van der Waals surface area contributed by atoms with Crippen molar-refractivity contribution in [3.8, 4) is 0 Å². The number of carbonyl (C=O) groups is 2. The Bertz CT molecular complexity index is 1050. The first-order chi connectivity index (χ1) is 13.7. The molecule has 1 aromatic heterocycles. The zero-order chi connectivity index (χ0) is 21.2. The molecule has 0 bridgehead atoms. The molecule has 0 spiro atoms. The lowest BCUT2D eigenvalue weighted by molar-refractivity contribution is -0.123. The number of rotatable bonds is 5. The Morgan fingerprint density at radius 3 is 2.41 bits per heavy atom. The van der Waals surface area contributed by atoms with E-state index in [-0.39, 0.29) is 29.9 Å². The number of nitrogens with zero attached hydrogens (tertiary/aromatic N) is 2. The standard InChI is InChI=1S/C23H28N4O2/c1-15-10-6-7-11-17(15)22(29)24-16(2)21-25-18-12-8-9-13-19(18)27(21)14-20(28)26-23(3,4)5/h6-13,16H,14H2,1-5H3,(H,24,29)(H,26,28). The zero-order valence-electron chi connectivity index (χ0n) is 17.6. The minimum atomic E-state index is -0.364. The van der Waals surface area contributed by atoms with E-state index in [2.05, 4.69) is 10.6 Å². The summed E-state index contributed by atoms with van der Waals surface area (Å²) < 4.78 is 1.87. The second kappa shape index (κ2) is 8.07. The third kappa shape index (κ3) is 4.83. The summed E-state index contributed by atoms with van der Waals surface area (Å²) in [5.41, 5.74) is 2.88. The van der Waals surface area contributed by atoms with Crippen LogP contribution in [-0.2, 0) is 11.3 Å². The number of amides is 2. The predicted octanol–water partition coefficient (Wildman–Crippen LogP) is 3.75. The Kier molecular flexibility index (Phi) is 5.73. The van der Waals surface area contributed by atoms with Crippen molar-refractivity contribution in [1.82, 2.24) is 20.2 Å². The number of aryl methyl sites for hydroxylation is 1. The number of imidazole rings is 1. The van der Waals surface area contributed by atoms with E-state index >= 15 is 0 Å². The van der Waals surface area contributed by atoms with Gasteiger partial charge in [-0.05, 0) is 58.4 Å². The molecule has 6 nitrogen and oxygen atoms in total. The third-order valence-electron chi connectivity index (χ3n) is 4.62. The molecule has 2 N–H and O–H groups in total. The number of hydrogen-bond acceptors (Lipinski definition) is 3. The minimum absolute atomic E-state index is 0.0978. The highest BCUT2D eigenvalue weighted by molar-refractivity contribution is 5.95. The fraction of sp³-hybridized carbons (Fsp3) is 0.348. The molecule has 29 heavy (non-hydrogen) atoms. The summed E-state index contributed by atoms with van der Waals surface area (Å²) in [6, 6.07) is 14.8. The van der Waals surface area contributed by atoms with Crippen molar-refractivity contribution in [3.05, 3.63) is 65.5 Å². The number of fused-ring (bicyclic) bond motifs is 1. The van der Waals surface area contributed by atoms with Gasteiger partial charge in [-0.2, -0.15) is 0 Å². The van der Waals surface area contributed by atoms with E-state index in [4.69, 9.17) is 4.98 Å². The fourth-order valence-corrected chi connectivity index (χ4v) is 3.36. The fourth-order valence-electron chi connectivity index (χ4n) is 3.36. The van der Waals surface area contributed by atoms with E-state index in [0.717, 1.165) is 16.6 Å². The smallest absolute Gasteiger partial charge is 0.252 e. The molecular formula is C23H28N4O2. The monoisotopic (exact) mass is 392 g/mol. The Labute approximate surface area is 171 Å². The first-order valence-electron chi connectivity index (χ1n) is 9.78. The van der Waals surface area contributed by atoms with Crippen LogP contribution in [0.2, 0.25) is 0 Å². The summed E-state index contributed by atoms with van der Waals surface area (Å²) in [7, 11) is 0. The lowest BCUT2D eigenvalue weighted by Crippen LogP contribution is -2.42. The van der Waals surface area contributed by atoms with Gasteiger partial charge in [-0.3, -0.25) is 9.59 Å².